The van der Waals surface area contributed by atoms with Gasteiger partial charge in [-0.15, -0.1) is 0 Å². The number of hydrogen-bond donors (Lipinski definition) is 1. The second-order valence-corrected chi connectivity index (χ2v) is 5.65. The molecule has 0 amide bonds. The maximum absolute atomic E-state index is 3.79. The highest BCUT2D eigenvalue weighted by molar-refractivity contribution is 5.16. The summed E-state index contributed by atoms with van der Waals surface area (Å²) in [5.41, 5.74) is 1.48. The van der Waals surface area contributed by atoms with Crippen LogP contribution in [0, 0.1) is 5.92 Å². The van der Waals surface area contributed by atoms with Gasteiger partial charge in [0.1, 0.15) is 0 Å². The minimum Gasteiger partial charge on any atom is -0.313 e. The van der Waals surface area contributed by atoms with Gasteiger partial charge in [-0.2, -0.15) is 0 Å². The van der Waals surface area contributed by atoms with Crippen LogP contribution >= 0.6 is 0 Å². The highest BCUT2D eigenvalue weighted by Gasteiger charge is 2.23. The second-order valence-electron chi connectivity index (χ2n) is 5.65. The van der Waals surface area contributed by atoms with E-state index in [0.717, 1.165) is 12.5 Å². The Labute approximate surface area is 112 Å². The number of rotatable bonds is 6. The highest BCUT2D eigenvalue weighted by Crippen LogP contribution is 2.28. The van der Waals surface area contributed by atoms with Crippen LogP contribution in [0.25, 0.3) is 0 Å². The molecule has 1 aromatic carbocycles. The van der Waals surface area contributed by atoms with Crippen molar-refractivity contribution in [3.63, 3.8) is 0 Å². The zero-order valence-corrected chi connectivity index (χ0v) is 11.7. The van der Waals surface area contributed by atoms with Crippen molar-refractivity contribution in [1.29, 1.82) is 0 Å². The monoisotopic (exact) mass is 245 g/mol. The number of benzene rings is 1. The topological polar surface area (TPSA) is 12.0 Å². The lowest BCUT2D eigenvalue weighted by Gasteiger charge is -2.31. The molecule has 1 aromatic rings. The van der Waals surface area contributed by atoms with Crippen LogP contribution in [0.4, 0.5) is 0 Å². The minimum atomic E-state index is 0.688. The summed E-state index contributed by atoms with van der Waals surface area (Å²) in [6.45, 7) is 3.42. The quantitative estimate of drug-likeness (QED) is 0.793. The van der Waals surface area contributed by atoms with Crippen LogP contribution in [0.2, 0.25) is 0 Å². The summed E-state index contributed by atoms with van der Waals surface area (Å²) in [7, 11) is 0. The fourth-order valence-electron chi connectivity index (χ4n) is 3.14. The Kier molecular flexibility index (Phi) is 5.73. The largest absolute Gasteiger partial charge is 0.313 e. The Hall–Kier alpha value is -0.820. The van der Waals surface area contributed by atoms with Gasteiger partial charge in [-0.1, -0.05) is 56.5 Å². The van der Waals surface area contributed by atoms with Crippen LogP contribution < -0.4 is 5.32 Å². The van der Waals surface area contributed by atoms with E-state index in [1.807, 2.05) is 0 Å². The van der Waals surface area contributed by atoms with Crippen molar-refractivity contribution < 1.29 is 0 Å². The molecule has 100 valence electrons. The van der Waals surface area contributed by atoms with Gasteiger partial charge in [0.2, 0.25) is 0 Å². The fraction of sp³-hybridized carbons (Fsp3) is 0.647. The summed E-state index contributed by atoms with van der Waals surface area (Å²) in [6, 6.07) is 11.7. The molecule has 1 atom stereocenters. The molecular formula is C17H27N. The third-order valence-corrected chi connectivity index (χ3v) is 4.17. The van der Waals surface area contributed by atoms with Crippen LogP contribution in [0.5, 0.6) is 0 Å². The van der Waals surface area contributed by atoms with E-state index < -0.39 is 0 Å². The zero-order valence-electron chi connectivity index (χ0n) is 11.7. The summed E-state index contributed by atoms with van der Waals surface area (Å²) in [6.07, 6.45) is 9.60. The maximum atomic E-state index is 3.79. The van der Waals surface area contributed by atoms with Gasteiger partial charge in [0.05, 0.1) is 0 Å². The zero-order chi connectivity index (χ0) is 12.6. The molecule has 1 aliphatic rings. The predicted octanol–water partition coefficient (Wildman–Crippen LogP) is 4.18. The van der Waals surface area contributed by atoms with E-state index in [2.05, 4.69) is 42.6 Å². The predicted molar refractivity (Wildman–Crippen MR) is 78.8 cm³/mol. The molecule has 0 heterocycles. The molecule has 0 aromatic heterocycles. The molecule has 0 bridgehead atoms. The van der Waals surface area contributed by atoms with Gasteiger partial charge in [-0.05, 0) is 43.7 Å². The summed E-state index contributed by atoms with van der Waals surface area (Å²) in [5, 5.41) is 3.79. The Morgan fingerprint density at radius 1 is 1.11 bits per heavy atom. The first-order valence-corrected chi connectivity index (χ1v) is 7.67. The lowest BCUT2D eigenvalue weighted by Crippen LogP contribution is -2.39. The lowest BCUT2D eigenvalue weighted by atomic mass is 9.81. The Morgan fingerprint density at radius 3 is 2.50 bits per heavy atom. The molecule has 0 unspecified atom stereocenters. The van der Waals surface area contributed by atoms with Gasteiger partial charge in [0, 0.05) is 6.04 Å². The summed E-state index contributed by atoms with van der Waals surface area (Å²) < 4.78 is 0. The number of nitrogens with one attached hydrogen (secondary N) is 1. The third kappa shape index (κ3) is 4.13. The minimum absolute atomic E-state index is 0.688. The van der Waals surface area contributed by atoms with Crippen molar-refractivity contribution in [2.24, 2.45) is 5.92 Å². The Balaban J connectivity index is 1.95. The molecular weight excluding hydrogens is 218 g/mol. The van der Waals surface area contributed by atoms with E-state index in [1.54, 1.807) is 0 Å². The second kappa shape index (κ2) is 7.58. The first-order valence-electron chi connectivity index (χ1n) is 7.67. The molecule has 0 spiro atoms. The van der Waals surface area contributed by atoms with Crippen LogP contribution in [-0.2, 0) is 6.42 Å². The summed E-state index contributed by atoms with van der Waals surface area (Å²) >= 11 is 0. The SMILES string of the molecule is CCCN[C@H](Cc1ccccc1)C1CCCCC1. The van der Waals surface area contributed by atoms with E-state index in [-0.39, 0.29) is 0 Å². The molecule has 0 saturated heterocycles. The van der Waals surface area contributed by atoms with E-state index in [1.165, 1.54) is 50.5 Å². The van der Waals surface area contributed by atoms with Gasteiger partial charge in [0.25, 0.3) is 0 Å². The van der Waals surface area contributed by atoms with Crippen LogP contribution in [0.15, 0.2) is 30.3 Å². The molecule has 2 rings (SSSR count). The van der Waals surface area contributed by atoms with Crippen molar-refractivity contribution in [1.82, 2.24) is 5.32 Å². The van der Waals surface area contributed by atoms with Crippen molar-refractivity contribution in [3.8, 4) is 0 Å². The number of hydrogen-bond acceptors (Lipinski definition) is 1. The van der Waals surface area contributed by atoms with Crippen LogP contribution in [0.1, 0.15) is 51.0 Å². The molecule has 1 fully saturated rings. The van der Waals surface area contributed by atoms with E-state index in [9.17, 15) is 0 Å². The first-order chi connectivity index (χ1) is 8.90. The Morgan fingerprint density at radius 2 is 1.83 bits per heavy atom. The van der Waals surface area contributed by atoms with Crippen molar-refractivity contribution in [2.45, 2.75) is 57.9 Å². The highest BCUT2D eigenvalue weighted by atomic mass is 14.9. The van der Waals surface area contributed by atoms with Crippen molar-refractivity contribution in [2.75, 3.05) is 6.54 Å². The summed E-state index contributed by atoms with van der Waals surface area (Å²) in [4.78, 5) is 0. The third-order valence-electron chi connectivity index (χ3n) is 4.17. The normalized spacial score (nSPS) is 18.7. The van der Waals surface area contributed by atoms with E-state index >= 15 is 0 Å². The van der Waals surface area contributed by atoms with E-state index in [4.69, 9.17) is 0 Å². The molecule has 1 saturated carbocycles. The van der Waals surface area contributed by atoms with Crippen molar-refractivity contribution in [3.05, 3.63) is 35.9 Å². The average Bonchev–Trinajstić information content (AvgIpc) is 2.45. The standard InChI is InChI=1S/C17H27N/c1-2-13-18-17(16-11-7-4-8-12-16)14-15-9-5-3-6-10-15/h3,5-6,9-10,16-18H,2,4,7-8,11-14H2,1H3/t17-/m1/s1. The molecule has 0 aliphatic heterocycles. The summed E-state index contributed by atoms with van der Waals surface area (Å²) in [5.74, 6) is 0.894. The van der Waals surface area contributed by atoms with Crippen LogP contribution in [0.3, 0.4) is 0 Å². The average molecular weight is 245 g/mol. The van der Waals surface area contributed by atoms with E-state index in [0.29, 0.717) is 6.04 Å². The molecule has 18 heavy (non-hydrogen) atoms. The van der Waals surface area contributed by atoms with Gasteiger partial charge in [-0.25, -0.2) is 0 Å². The van der Waals surface area contributed by atoms with Gasteiger partial charge < -0.3 is 5.32 Å². The lowest BCUT2D eigenvalue weighted by molar-refractivity contribution is 0.267. The molecule has 1 N–H and O–H groups in total. The van der Waals surface area contributed by atoms with Gasteiger partial charge in [0.15, 0.2) is 0 Å². The van der Waals surface area contributed by atoms with Crippen molar-refractivity contribution >= 4 is 0 Å². The van der Waals surface area contributed by atoms with Crippen LogP contribution in [-0.4, -0.2) is 12.6 Å². The molecule has 1 aliphatic carbocycles. The molecule has 1 heteroatoms. The first kappa shape index (κ1) is 13.6. The molecule has 0 radical (unpaired) electrons. The van der Waals surface area contributed by atoms with Gasteiger partial charge in [-0.3, -0.25) is 0 Å². The fourth-order valence-corrected chi connectivity index (χ4v) is 3.14. The molecule has 1 nitrogen and oxygen atoms in total. The van der Waals surface area contributed by atoms with Gasteiger partial charge >= 0.3 is 0 Å². The maximum Gasteiger partial charge on any atom is 0.0136 e. The Bertz CT molecular complexity index is 314. The smallest absolute Gasteiger partial charge is 0.0136 e.